The summed E-state index contributed by atoms with van der Waals surface area (Å²) in [6.45, 7) is 5.19. The minimum atomic E-state index is -4.94. The van der Waals surface area contributed by atoms with Crippen LogP contribution in [0.25, 0.3) is 0 Å². The second-order valence-electron chi connectivity index (χ2n) is 8.82. The minimum Gasteiger partial charge on any atom is -0.444 e. The second kappa shape index (κ2) is 8.97. The Labute approximate surface area is 184 Å². The summed E-state index contributed by atoms with van der Waals surface area (Å²) >= 11 is 0. The van der Waals surface area contributed by atoms with Gasteiger partial charge in [0.25, 0.3) is 5.91 Å². The number of nitrogens with zero attached hydrogens (tertiary/aromatic N) is 2. The van der Waals surface area contributed by atoms with Crippen molar-refractivity contribution in [2.24, 2.45) is 5.92 Å². The molecule has 0 aromatic heterocycles. The lowest BCUT2D eigenvalue weighted by Crippen LogP contribution is -2.51. The number of alkyl halides is 3. The number of nitrogens with one attached hydrogen (secondary N) is 2. The van der Waals surface area contributed by atoms with E-state index in [1.807, 2.05) is 10.3 Å². The molecule has 0 bridgehead atoms. The number of alkyl carbamates (subject to hydrolysis) is 1. The van der Waals surface area contributed by atoms with Gasteiger partial charge in [0.15, 0.2) is 5.92 Å². The van der Waals surface area contributed by atoms with Crippen molar-refractivity contribution >= 4 is 17.9 Å². The van der Waals surface area contributed by atoms with Crippen LogP contribution in [0.15, 0.2) is 24.3 Å². The van der Waals surface area contributed by atoms with Gasteiger partial charge in [-0.25, -0.2) is 9.80 Å². The monoisotopic (exact) mass is 456 g/mol. The number of amides is 3. The Kier molecular flexibility index (Phi) is 6.68. The van der Waals surface area contributed by atoms with Crippen LogP contribution in [-0.2, 0) is 20.9 Å². The summed E-state index contributed by atoms with van der Waals surface area (Å²) in [5.41, 5.74) is 0.310. The van der Waals surface area contributed by atoms with E-state index in [0.717, 1.165) is 12.0 Å². The number of carbonyl (C=O) groups is 3. The molecule has 2 heterocycles. The van der Waals surface area contributed by atoms with Gasteiger partial charge in [-0.1, -0.05) is 24.3 Å². The van der Waals surface area contributed by atoms with Crippen LogP contribution in [0, 0.1) is 5.92 Å². The number of carbonyl (C=O) groups excluding carboxylic acids is 3. The summed E-state index contributed by atoms with van der Waals surface area (Å²) < 4.78 is 45.9. The zero-order chi connectivity index (χ0) is 23.7. The number of hydrogen-bond acceptors (Lipinski definition) is 5. The van der Waals surface area contributed by atoms with Gasteiger partial charge in [0.1, 0.15) is 11.6 Å². The Balaban J connectivity index is 1.80. The van der Waals surface area contributed by atoms with Crippen molar-refractivity contribution in [3.63, 3.8) is 0 Å². The average Bonchev–Trinajstić information content (AvgIpc) is 3.08. The third-order valence-corrected chi connectivity index (χ3v) is 5.20. The molecule has 0 spiro atoms. The zero-order valence-electron chi connectivity index (χ0n) is 18.2. The topological polar surface area (TPSA) is 91.0 Å². The maximum atomic E-state index is 13.6. The van der Waals surface area contributed by atoms with Crippen molar-refractivity contribution in [1.29, 1.82) is 0 Å². The van der Waals surface area contributed by atoms with Crippen molar-refractivity contribution in [2.45, 2.75) is 51.6 Å². The first-order valence-electron chi connectivity index (χ1n) is 10.3. The fraction of sp³-hybridized carbons (Fsp3) is 0.571. The Morgan fingerprint density at radius 1 is 1.19 bits per heavy atom. The van der Waals surface area contributed by atoms with Crippen molar-refractivity contribution in [2.75, 3.05) is 19.6 Å². The van der Waals surface area contributed by atoms with E-state index in [2.05, 4.69) is 5.32 Å². The third-order valence-electron chi connectivity index (χ3n) is 5.20. The molecule has 32 heavy (non-hydrogen) atoms. The number of hydrogen-bond donors (Lipinski definition) is 2. The van der Waals surface area contributed by atoms with Crippen molar-refractivity contribution in [3.8, 4) is 0 Å². The Hall–Kier alpha value is -2.82. The van der Waals surface area contributed by atoms with Gasteiger partial charge in [-0.15, -0.1) is 0 Å². The fourth-order valence-corrected chi connectivity index (χ4v) is 3.76. The first-order valence-corrected chi connectivity index (χ1v) is 10.3. The number of hydrazine groups is 1. The molecule has 2 atom stereocenters. The highest BCUT2D eigenvalue weighted by atomic mass is 19.4. The highest BCUT2D eigenvalue weighted by Crippen LogP contribution is 2.31. The molecule has 1 fully saturated rings. The summed E-state index contributed by atoms with van der Waals surface area (Å²) in [5.74, 6) is -4.43. The van der Waals surface area contributed by atoms with Gasteiger partial charge in [-0.3, -0.25) is 14.6 Å². The first-order chi connectivity index (χ1) is 14.9. The third kappa shape index (κ3) is 5.50. The van der Waals surface area contributed by atoms with Gasteiger partial charge < -0.3 is 15.4 Å². The van der Waals surface area contributed by atoms with Gasteiger partial charge in [0, 0.05) is 26.2 Å². The summed E-state index contributed by atoms with van der Waals surface area (Å²) in [6.07, 6.45) is -5.27. The highest BCUT2D eigenvalue weighted by molar-refractivity contribution is 5.90. The van der Waals surface area contributed by atoms with Gasteiger partial charge in [-0.2, -0.15) is 13.2 Å². The predicted octanol–water partition coefficient (Wildman–Crippen LogP) is 2.51. The fourth-order valence-electron chi connectivity index (χ4n) is 3.76. The molecule has 2 N–H and O–H groups in total. The standard InChI is InChI=1S/C21H27F3N4O4/c1-20(2,3)32-19(31)25-11-15(21(22,23)24)17(29)26-16-14-8-5-4-7-13(14)12-27-9-6-10-28(27)18(16)30/h4-5,7-8,15-16H,6,9-12H2,1-3H3,(H,25,31)(H,26,29)/t15-,16-/m0/s1. The minimum absolute atomic E-state index is 0.428. The summed E-state index contributed by atoms with van der Waals surface area (Å²) in [6, 6.07) is 5.60. The first kappa shape index (κ1) is 23.8. The molecule has 1 saturated heterocycles. The van der Waals surface area contributed by atoms with Crippen LogP contribution in [0.1, 0.15) is 44.4 Å². The molecule has 11 heteroatoms. The van der Waals surface area contributed by atoms with E-state index < -0.39 is 48.2 Å². The van der Waals surface area contributed by atoms with Gasteiger partial charge in [0.2, 0.25) is 5.91 Å². The van der Waals surface area contributed by atoms with Gasteiger partial charge >= 0.3 is 12.3 Å². The van der Waals surface area contributed by atoms with Crippen LogP contribution in [0.3, 0.4) is 0 Å². The smallest absolute Gasteiger partial charge is 0.407 e. The number of halogens is 3. The van der Waals surface area contributed by atoms with Crippen LogP contribution in [0.4, 0.5) is 18.0 Å². The molecule has 176 valence electrons. The summed E-state index contributed by atoms with van der Waals surface area (Å²) in [5, 5.41) is 7.60. The predicted molar refractivity (Wildman–Crippen MR) is 108 cm³/mol. The van der Waals surface area contributed by atoms with Crippen LogP contribution >= 0.6 is 0 Å². The van der Waals surface area contributed by atoms with E-state index in [1.165, 1.54) is 5.01 Å². The Morgan fingerprint density at radius 2 is 1.88 bits per heavy atom. The number of fused-ring (bicyclic) bond motifs is 2. The van der Waals surface area contributed by atoms with E-state index in [1.54, 1.807) is 45.0 Å². The Morgan fingerprint density at radius 3 is 2.53 bits per heavy atom. The lowest BCUT2D eigenvalue weighted by molar-refractivity contribution is -0.182. The Bertz CT molecular complexity index is 885. The summed E-state index contributed by atoms with van der Waals surface area (Å²) in [4.78, 5) is 37.6. The van der Waals surface area contributed by atoms with Gasteiger partial charge in [0.05, 0.1) is 0 Å². The van der Waals surface area contributed by atoms with E-state index in [9.17, 15) is 27.6 Å². The van der Waals surface area contributed by atoms with Crippen LogP contribution in [-0.4, -0.2) is 59.3 Å². The van der Waals surface area contributed by atoms with Crippen LogP contribution < -0.4 is 10.6 Å². The quantitative estimate of drug-likeness (QED) is 0.727. The summed E-state index contributed by atoms with van der Waals surface area (Å²) in [7, 11) is 0. The lowest BCUT2D eigenvalue weighted by Gasteiger charge is -2.28. The van der Waals surface area contributed by atoms with E-state index in [0.29, 0.717) is 25.2 Å². The number of benzene rings is 1. The number of rotatable bonds is 4. The van der Waals surface area contributed by atoms with E-state index in [4.69, 9.17) is 4.74 Å². The lowest BCUT2D eigenvalue weighted by atomic mass is 9.98. The molecule has 2 aliphatic heterocycles. The maximum Gasteiger partial charge on any atom is 0.407 e. The molecular weight excluding hydrogens is 429 g/mol. The molecular formula is C21H27F3N4O4. The maximum absolute atomic E-state index is 13.6. The highest BCUT2D eigenvalue weighted by Gasteiger charge is 2.47. The molecule has 3 rings (SSSR count). The van der Waals surface area contributed by atoms with E-state index >= 15 is 0 Å². The average molecular weight is 456 g/mol. The largest absolute Gasteiger partial charge is 0.444 e. The zero-order valence-corrected chi connectivity index (χ0v) is 18.2. The van der Waals surface area contributed by atoms with Crippen LogP contribution in [0.5, 0.6) is 0 Å². The number of ether oxygens (including phenoxy) is 1. The van der Waals surface area contributed by atoms with Crippen molar-refractivity contribution < 1.29 is 32.3 Å². The molecule has 0 unspecified atom stereocenters. The molecule has 2 aliphatic rings. The second-order valence-corrected chi connectivity index (χ2v) is 8.82. The SMILES string of the molecule is CC(C)(C)OC(=O)NC[C@@H](C(=O)N[C@@H]1C(=O)N2CCCN2Cc2ccccc21)C(F)(F)F. The van der Waals surface area contributed by atoms with Crippen LogP contribution in [0.2, 0.25) is 0 Å². The van der Waals surface area contributed by atoms with Crippen molar-refractivity contribution in [3.05, 3.63) is 35.4 Å². The molecule has 8 nitrogen and oxygen atoms in total. The molecule has 0 aliphatic carbocycles. The molecule has 0 radical (unpaired) electrons. The van der Waals surface area contributed by atoms with E-state index in [-0.39, 0.29) is 0 Å². The molecule has 1 aromatic rings. The molecule has 3 amide bonds. The van der Waals surface area contributed by atoms with Gasteiger partial charge in [-0.05, 0) is 38.3 Å². The molecule has 1 aromatic carbocycles. The van der Waals surface area contributed by atoms with Crippen molar-refractivity contribution in [1.82, 2.24) is 20.7 Å². The normalized spacial score (nSPS) is 20.1. The molecule has 0 saturated carbocycles.